The number of carbonyl (C=O) groups is 1. The Balaban J connectivity index is 2.58. The number of fused-ring (bicyclic) bond motifs is 1. The predicted octanol–water partition coefficient (Wildman–Crippen LogP) is 0.302. The Morgan fingerprint density at radius 2 is 1.67 bits per heavy atom. The zero-order valence-electron chi connectivity index (χ0n) is 9.58. The maximum Gasteiger partial charge on any atom is 0.249 e. The highest BCUT2D eigenvalue weighted by Gasteiger charge is 2.25. The lowest BCUT2D eigenvalue weighted by molar-refractivity contribution is -0.131. The monoisotopic (exact) mass is 246 g/mol. The third-order valence-electron chi connectivity index (χ3n) is 2.90. The normalized spacial score (nSPS) is 14.3. The Kier molecular flexibility index (Phi) is 3.18. The van der Waals surface area contributed by atoms with Gasteiger partial charge in [0.15, 0.2) is 6.10 Å². The molecule has 5 nitrogen and oxygen atoms in total. The molecule has 0 aliphatic carbocycles. The van der Waals surface area contributed by atoms with Crippen LogP contribution in [0.3, 0.4) is 0 Å². The van der Waals surface area contributed by atoms with Crippen LogP contribution in [0, 0.1) is 0 Å². The highest BCUT2D eigenvalue weighted by atomic mass is 16.3. The van der Waals surface area contributed by atoms with Gasteiger partial charge in [0.1, 0.15) is 6.10 Å². The molecule has 0 fully saturated rings. The molecule has 0 aliphatic heterocycles. The Morgan fingerprint density at radius 3 is 2.28 bits per heavy atom. The van der Waals surface area contributed by atoms with Crippen molar-refractivity contribution in [1.82, 2.24) is 0 Å². The van der Waals surface area contributed by atoms with Crippen molar-refractivity contribution < 1.29 is 15.0 Å². The van der Waals surface area contributed by atoms with Crippen molar-refractivity contribution >= 4 is 22.4 Å². The summed E-state index contributed by atoms with van der Waals surface area (Å²) in [5.74, 6) is -0.969. The van der Waals surface area contributed by atoms with E-state index in [0.717, 1.165) is 5.39 Å². The van der Waals surface area contributed by atoms with Gasteiger partial charge in [-0.25, -0.2) is 0 Å². The number of primary amides is 1. The zero-order valence-corrected chi connectivity index (χ0v) is 9.58. The van der Waals surface area contributed by atoms with Gasteiger partial charge >= 0.3 is 0 Å². The highest BCUT2D eigenvalue weighted by Crippen LogP contribution is 2.29. The van der Waals surface area contributed by atoms with E-state index in [-0.39, 0.29) is 0 Å². The molecule has 0 saturated heterocycles. The van der Waals surface area contributed by atoms with Crippen LogP contribution in [-0.2, 0) is 4.79 Å². The number of hydrogen-bond acceptors (Lipinski definition) is 4. The SMILES string of the molecule is NC(=O)C(O)C(O)c1ccc(N)c2ccccc12. The van der Waals surface area contributed by atoms with Crippen LogP contribution in [0.5, 0.6) is 0 Å². The molecule has 2 atom stereocenters. The van der Waals surface area contributed by atoms with Crippen molar-refractivity contribution in [2.75, 3.05) is 5.73 Å². The second-order valence-corrected chi connectivity index (χ2v) is 4.08. The molecule has 0 radical (unpaired) electrons. The third kappa shape index (κ3) is 2.01. The van der Waals surface area contributed by atoms with Crippen LogP contribution in [-0.4, -0.2) is 22.2 Å². The number of aliphatic hydroxyl groups excluding tert-OH is 2. The zero-order chi connectivity index (χ0) is 13.3. The fourth-order valence-corrected chi connectivity index (χ4v) is 1.93. The summed E-state index contributed by atoms with van der Waals surface area (Å²) in [5.41, 5.74) is 11.8. The van der Waals surface area contributed by atoms with Crippen molar-refractivity contribution in [2.45, 2.75) is 12.2 Å². The van der Waals surface area contributed by atoms with Gasteiger partial charge in [-0.15, -0.1) is 0 Å². The van der Waals surface area contributed by atoms with Gasteiger partial charge < -0.3 is 21.7 Å². The number of amides is 1. The maximum atomic E-state index is 10.9. The smallest absolute Gasteiger partial charge is 0.249 e. The highest BCUT2D eigenvalue weighted by molar-refractivity contribution is 5.95. The summed E-state index contributed by atoms with van der Waals surface area (Å²) >= 11 is 0. The summed E-state index contributed by atoms with van der Waals surface area (Å²) in [6.07, 6.45) is -3.01. The van der Waals surface area contributed by atoms with Crippen molar-refractivity contribution in [2.24, 2.45) is 5.73 Å². The van der Waals surface area contributed by atoms with Crippen molar-refractivity contribution in [3.8, 4) is 0 Å². The summed E-state index contributed by atoms with van der Waals surface area (Å²) in [4.78, 5) is 10.9. The lowest BCUT2D eigenvalue weighted by atomic mass is 9.96. The summed E-state index contributed by atoms with van der Waals surface area (Å²) in [6, 6.07) is 10.4. The van der Waals surface area contributed by atoms with Crippen LogP contribution in [0.25, 0.3) is 10.8 Å². The molecular formula is C13H14N2O3. The van der Waals surface area contributed by atoms with Crippen LogP contribution >= 0.6 is 0 Å². The van der Waals surface area contributed by atoms with Gasteiger partial charge in [-0.1, -0.05) is 30.3 Å². The average molecular weight is 246 g/mol. The van der Waals surface area contributed by atoms with E-state index in [1.807, 2.05) is 6.07 Å². The fraction of sp³-hybridized carbons (Fsp3) is 0.154. The lowest BCUT2D eigenvalue weighted by Gasteiger charge is -2.17. The summed E-state index contributed by atoms with van der Waals surface area (Å²) in [7, 11) is 0. The molecule has 0 saturated carbocycles. The number of anilines is 1. The first-order chi connectivity index (χ1) is 8.52. The molecule has 6 N–H and O–H groups in total. The second-order valence-electron chi connectivity index (χ2n) is 4.08. The summed E-state index contributed by atoms with van der Waals surface area (Å²) in [6.45, 7) is 0. The van der Waals surface area contributed by atoms with Crippen LogP contribution < -0.4 is 11.5 Å². The number of rotatable bonds is 3. The molecule has 18 heavy (non-hydrogen) atoms. The van der Waals surface area contributed by atoms with Gasteiger partial charge in [0.2, 0.25) is 5.91 Å². The Hall–Kier alpha value is -2.11. The van der Waals surface area contributed by atoms with Crippen LogP contribution in [0.15, 0.2) is 36.4 Å². The fourth-order valence-electron chi connectivity index (χ4n) is 1.93. The number of carbonyl (C=O) groups excluding carboxylic acids is 1. The molecule has 5 heteroatoms. The molecule has 2 aromatic rings. The molecule has 0 heterocycles. The van der Waals surface area contributed by atoms with Gasteiger partial charge in [-0.05, 0) is 17.0 Å². The number of nitrogens with two attached hydrogens (primary N) is 2. The molecule has 0 bridgehead atoms. The maximum absolute atomic E-state index is 10.9. The lowest BCUT2D eigenvalue weighted by Crippen LogP contribution is -2.33. The number of benzene rings is 2. The van der Waals surface area contributed by atoms with E-state index in [1.165, 1.54) is 0 Å². The first kappa shape index (κ1) is 12.3. The Morgan fingerprint density at radius 1 is 1.06 bits per heavy atom. The molecule has 1 amide bonds. The standard InChI is InChI=1S/C13H14N2O3/c14-10-6-5-9(11(16)12(17)13(15)18)7-3-1-2-4-8(7)10/h1-6,11-12,16-17H,14H2,(H2,15,18). The van der Waals surface area contributed by atoms with Crippen LogP contribution in [0.1, 0.15) is 11.7 Å². The molecule has 0 spiro atoms. The Labute approximate surface area is 104 Å². The van der Waals surface area contributed by atoms with E-state index < -0.39 is 18.1 Å². The van der Waals surface area contributed by atoms with E-state index >= 15 is 0 Å². The van der Waals surface area contributed by atoms with Gasteiger partial charge in [0.05, 0.1) is 0 Å². The Bertz CT molecular complexity index is 598. The van der Waals surface area contributed by atoms with Crippen LogP contribution in [0.4, 0.5) is 5.69 Å². The number of hydrogen-bond donors (Lipinski definition) is 4. The number of aliphatic hydroxyl groups is 2. The van der Waals surface area contributed by atoms with Crippen molar-refractivity contribution in [3.63, 3.8) is 0 Å². The van der Waals surface area contributed by atoms with E-state index in [9.17, 15) is 15.0 Å². The third-order valence-corrected chi connectivity index (χ3v) is 2.90. The first-order valence-corrected chi connectivity index (χ1v) is 5.45. The van der Waals surface area contributed by atoms with E-state index in [0.29, 0.717) is 16.6 Å². The minimum absolute atomic E-state index is 0.422. The van der Waals surface area contributed by atoms with E-state index in [2.05, 4.69) is 0 Å². The largest absolute Gasteiger partial charge is 0.398 e. The molecule has 2 unspecified atom stereocenters. The van der Waals surface area contributed by atoms with Gasteiger partial charge in [-0.2, -0.15) is 0 Å². The summed E-state index contributed by atoms with van der Waals surface area (Å²) < 4.78 is 0. The molecular weight excluding hydrogens is 232 g/mol. The molecule has 2 rings (SSSR count). The van der Waals surface area contributed by atoms with Crippen molar-refractivity contribution in [1.29, 1.82) is 0 Å². The topological polar surface area (TPSA) is 110 Å². The van der Waals surface area contributed by atoms with Crippen LogP contribution in [0.2, 0.25) is 0 Å². The predicted molar refractivity (Wildman–Crippen MR) is 68.5 cm³/mol. The minimum Gasteiger partial charge on any atom is -0.398 e. The van der Waals surface area contributed by atoms with Gasteiger partial charge in [-0.3, -0.25) is 4.79 Å². The van der Waals surface area contributed by atoms with E-state index in [4.69, 9.17) is 11.5 Å². The molecule has 0 aliphatic rings. The molecule has 0 aromatic heterocycles. The summed E-state index contributed by atoms with van der Waals surface area (Å²) in [5, 5.41) is 20.9. The average Bonchev–Trinajstić information content (AvgIpc) is 2.38. The second kappa shape index (κ2) is 4.64. The molecule has 2 aromatic carbocycles. The van der Waals surface area contributed by atoms with Crippen molar-refractivity contribution in [3.05, 3.63) is 42.0 Å². The quantitative estimate of drug-likeness (QED) is 0.584. The molecule has 94 valence electrons. The van der Waals surface area contributed by atoms with E-state index in [1.54, 1.807) is 30.3 Å². The first-order valence-electron chi connectivity index (χ1n) is 5.45. The van der Waals surface area contributed by atoms with Gasteiger partial charge in [0.25, 0.3) is 0 Å². The number of nitrogen functional groups attached to an aromatic ring is 1. The van der Waals surface area contributed by atoms with Gasteiger partial charge in [0, 0.05) is 11.1 Å². The minimum atomic E-state index is -1.64.